The number of hydrogen-bond donors (Lipinski definition) is 0. The van der Waals surface area contributed by atoms with E-state index in [4.69, 9.17) is 13.3 Å². The van der Waals surface area contributed by atoms with Crippen LogP contribution in [-0.2, 0) is 0 Å². The Morgan fingerprint density at radius 1 is 0.308 bits per heavy atom. The van der Waals surface area contributed by atoms with Gasteiger partial charge in [0.2, 0.25) is 0 Å². The van der Waals surface area contributed by atoms with Crippen LogP contribution in [0.25, 0.3) is 88.1 Å². The molecule has 0 fully saturated rings. The van der Waals surface area contributed by atoms with Crippen molar-refractivity contribution in [2.45, 2.75) is 0 Å². The van der Waals surface area contributed by atoms with Crippen molar-refractivity contribution in [2.75, 3.05) is 4.90 Å². The lowest BCUT2D eigenvalue weighted by molar-refractivity contribution is 0.663. The number of fused-ring (bicyclic) bond motifs is 10. The number of anilines is 3. The Morgan fingerprint density at radius 2 is 0.827 bits per heavy atom. The number of furan rings is 3. The van der Waals surface area contributed by atoms with E-state index in [1.807, 2.05) is 36.4 Å². The van der Waals surface area contributed by atoms with E-state index in [1.54, 1.807) is 0 Å². The molecule has 52 heavy (non-hydrogen) atoms. The molecule has 3 heterocycles. The van der Waals surface area contributed by atoms with Gasteiger partial charge in [-0.2, -0.15) is 0 Å². The Kier molecular flexibility index (Phi) is 6.22. The summed E-state index contributed by atoms with van der Waals surface area (Å²) in [5.74, 6) is 0. The van der Waals surface area contributed by atoms with Crippen molar-refractivity contribution >= 4 is 82.9 Å². The molecule has 4 nitrogen and oxygen atoms in total. The second-order valence-corrected chi connectivity index (χ2v) is 13.3. The van der Waals surface area contributed by atoms with E-state index in [9.17, 15) is 0 Å². The van der Waals surface area contributed by atoms with Crippen molar-refractivity contribution in [3.63, 3.8) is 0 Å². The number of para-hydroxylation sites is 2. The molecule has 0 saturated carbocycles. The van der Waals surface area contributed by atoms with E-state index < -0.39 is 0 Å². The van der Waals surface area contributed by atoms with Gasteiger partial charge in [-0.1, -0.05) is 103 Å². The van der Waals surface area contributed by atoms with Gasteiger partial charge in [-0.25, -0.2) is 0 Å². The van der Waals surface area contributed by atoms with Crippen molar-refractivity contribution in [1.82, 2.24) is 0 Å². The number of nitrogens with zero attached hydrogens (tertiary/aromatic N) is 1. The van der Waals surface area contributed by atoms with Gasteiger partial charge >= 0.3 is 0 Å². The van der Waals surface area contributed by atoms with Crippen molar-refractivity contribution in [3.05, 3.63) is 176 Å². The van der Waals surface area contributed by atoms with Gasteiger partial charge in [0, 0.05) is 32.9 Å². The molecule has 0 aliphatic heterocycles. The lowest BCUT2D eigenvalue weighted by atomic mass is 10.0. The van der Waals surface area contributed by atoms with Gasteiger partial charge in [0.15, 0.2) is 0 Å². The fourth-order valence-electron chi connectivity index (χ4n) is 7.82. The molecule has 0 bridgehead atoms. The largest absolute Gasteiger partial charge is 0.456 e. The molecule has 8 aromatic carbocycles. The highest BCUT2D eigenvalue weighted by Crippen LogP contribution is 2.46. The highest BCUT2D eigenvalue weighted by atomic mass is 16.3. The topological polar surface area (TPSA) is 42.7 Å². The summed E-state index contributed by atoms with van der Waals surface area (Å²) in [5.41, 5.74) is 12.7. The third-order valence-corrected chi connectivity index (χ3v) is 10.3. The number of hydrogen-bond acceptors (Lipinski definition) is 4. The summed E-state index contributed by atoms with van der Waals surface area (Å²) in [6.07, 6.45) is 0. The van der Waals surface area contributed by atoms with Gasteiger partial charge in [0.05, 0.1) is 16.5 Å². The van der Waals surface area contributed by atoms with E-state index in [0.29, 0.717) is 0 Å². The number of benzene rings is 8. The van der Waals surface area contributed by atoms with Gasteiger partial charge in [0.25, 0.3) is 0 Å². The summed E-state index contributed by atoms with van der Waals surface area (Å²) >= 11 is 0. The second-order valence-electron chi connectivity index (χ2n) is 13.3. The van der Waals surface area contributed by atoms with Crippen LogP contribution in [0.1, 0.15) is 0 Å². The standard InChI is InChI=1S/C48H29NO3/c1-2-9-30(10-3-1)31-17-22-34(23-18-31)49(35-24-19-32(20-25-35)33-21-26-38-36-11-4-6-14-41(36)50-45(38)29-33)40-13-8-16-43-46(40)47-44(51-43)28-27-39-37-12-5-7-15-42(37)52-48(39)47/h1-29H. The zero-order valence-corrected chi connectivity index (χ0v) is 27.9. The fraction of sp³-hybridized carbons (Fsp3) is 0. The molecule has 0 atom stereocenters. The monoisotopic (exact) mass is 667 g/mol. The van der Waals surface area contributed by atoms with Crippen LogP contribution in [0, 0.1) is 0 Å². The van der Waals surface area contributed by atoms with Crippen molar-refractivity contribution in [3.8, 4) is 22.3 Å². The lowest BCUT2D eigenvalue weighted by Crippen LogP contribution is -2.10. The Bertz CT molecular complexity index is 3110. The average Bonchev–Trinajstić information content (AvgIpc) is 3.90. The Morgan fingerprint density at radius 3 is 1.58 bits per heavy atom. The Hall–Kier alpha value is -7.04. The van der Waals surface area contributed by atoms with E-state index in [-0.39, 0.29) is 0 Å². The predicted molar refractivity (Wildman–Crippen MR) is 214 cm³/mol. The minimum atomic E-state index is 0.796. The maximum Gasteiger partial charge on any atom is 0.147 e. The lowest BCUT2D eigenvalue weighted by Gasteiger charge is -2.26. The Balaban J connectivity index is 1.10. The van der Waals surface area contributed by atoms with Gasteiger partial charge in [-0.3, -0.25) is 0 Å². The van der Waals surface area contributed by atoms with Crippen LogP contribution in [0.4, 0.5) is 17.1 Å². The Labute approximate surface area is 298 Å². The molecule has 0 spiro atoms. The van der Waals surface area contributed by atoms with Crippen molar-refractivity contribution in [2.24, 2.45) is 0 Å². The van der Waals surface area contributed by atoms with E-state index in [2.05, 4.69) is 144 Å². The fourth-order valence-corrected chi connectivity index (χ4v) is 7.82. The molecule has 11 aromatic rings. The molecule has 4 heteroatoms. The first kappa shape index (κ1) is 28.8. The van der Waals surface area contributed by atoms with Crippen molar-refractivity contribution in [1.29, 1.82) is 0 Å². The predicted octanol–water partition coefficient (Wildman–Crippen LogP) is 14.2. The maximum atomic E-state index is 6.57. The summed E-state index contributed by atoms with van der Waals surface area (Å²) < 4.78 is 19.3. The van der Waals surface area contributed by atoms with Crippen LogP contribution in [-0.4, -0.2) is 0 Å². The summed E-state index contributed by atoms with van der Waals surface area (Å²) in [5, 5.41) is 6.41. The zero-order chi connectivity index (χ0) is 34.2. The highest BCUT2D eigenvalue weighted by Gasteiger charge is 2.23. The quantitative estimate of drug-likeness (QED) is 0.183. The van der Waals surface area contributed by atoms with Crippen LogP contribution < -0.4 is 4.90 Å². The minimum absolute atomic E-state index is 0.796. The SMILES string of the molecule is c1ccc(-c2ccc(N(c3ccc(-c4ccc5c(c4)oc4ccccc45)cc3)c3cccc4oc5ccc6c7ccccc7oc6c5c34)cc2)cc1. The maximum absolute atomic E-state index is 6.57. The first-order valence-corrected chi connectivity index (χ1v) is 17.5. The van der Waals surface area contributed by atoms with E-state index >= 15 is 0 Å². The molecular weight excluding hydrogens is 639 g/mol. The van der Waals surface area contributed by atoms with Crippen LogP contribution >= 0.6 is 0 Å². The first-order chi connectivity index (χ1) is 25.8. The molecule has 0 N–H and O–H groups in total. The molecule has 3 aromatic heterocycles. The second kappa shape index (κ2) is 11.2. The van der Waals surface area contributed by atoms with Crippen LogP contribution in [0.5, 0.6) is 0 Å². The molecule has 244 valence electrons. The van der Waals surface area contributed by atoms with Gasteiger partial charge in [-0.05, 0) is 95.1 Å². The molecule has 0 radical (unpaired) electrons. The van der Waals surface area contributed by atoms with Gasteiger partial charge in [-0.15, -0.1) is 0 Å². The highest BCUT2D eigenvalue weighted by molar-refractivity contribution is 6.25. The summed E-state index contributed by atoms with van der Waals surface area (Å²) in [7, 11) is 0. The van der Waals surface area contributed by atoms with E-state index in [1.165, 1.54) is 5.56 Å². The molecule has 11 rings (SSSR count). The summed E-state index contributed by atoms with van der Waals surface area (Å²) in [6.45, 7) is 0. The summed E-state index contributed by atoms with van der Waals surface area (Å²) in [6, 6.07) is 61.4. The third-order valence-electron chi connectivity index (χ3n) is 10.3. The van der Waals surface area contributed by atoms with Crippen molar-refractivity contribution < 1.29 is 13.3 Å². The average molecular weight is 668 g/mol. The minimum Gasteiger partial charge on any atom is -0.456 e. The van der Waals surface area contributed by atoms with Gasteiger partial charge < -0.3 is 18.2 Å². The molecule has 0 unspecified atom stereocenters. The molecular formula is C48H29NO3. The van der Waals surface area contributed by atoms with Crippen LogP contribution in [0.2, 0.25) is 0 Å². The number of rotatable bonds is 5. The smallest absolute Gasteiger partial charge is 0.147 e. The molecule has 0 aliphatic carbocycles. The van der Waals surface area contributed by atoms with Crippen LogP contribution in [0.15, 0.2) is 189 Å². The van der Waals surface area contributed by atoms with Crippen LogP contribution in [0.3, 0.4) is 0 Å². The third kappa shape index (κ3) is 4.41. The van der Waals surface area contributed by atoms with Gasteiger partial charge in [0.1, 0.15) is 33.5 Å². The normalized spacial score (nSPS) is 11.8. The first-order valence-electron chi connectivity index (χ1n) is 17.5. The molecule has 0 amide bonds. The molecule has 0 saturated heterocycles. The zero-order valence-electron chi connectivity index (χ0n) is 27.9. The summed E-state index contributed by atoms with van der Waals surface area (Å²) in [4.78, 5) is 2.32. The van der Waals surface area contributed by atoms with E-state index in [0.717, 1.165) is 99.6 Å². The molecule has 0 aliphatic rings.